The highest BCUT2D eigenvalue weighted by Crippen LogP contribution is 2.28. The third-order valence-electron chi connectivity index (χ3n) is 4.03. The molecule has 8 heteroatoms. The number of nitrogens with zero attached hydrogens (tertiary/aromatic N) is 5. The maximum absolute atomic E-state index is 13.9. The molecule has 0 saturated heterocycles. The average Bonchev–Trinajstić information content (AvgIpc) is 3.22. The van der Waals surface area contributed by atoms with E-state index in [1.54, 1.807) is 18.2 Å². The number of hydrogen-bond donors (Lipinski definition) is 1. The Balaban J connectivity index is 1.75. The van der Waals surface area contributed by atoms with Crippen molar-refractivity contribution in [2.45, 2.75) is 13.8 Å². The van der Waals surface area contributed by atoms with Crippen LogP contribution < -0.4 is 5.73 Å². The Morgan fingerprint density at radius 3 is 2.69 bits per heavy atom. The topological polar surface area (TPSA) is 95.6 Å². The average molecular weight is 350 g/mol. The molecule has 0 atom stereocenters. The summed E-state index contributed by atoms with van der Waals surface area (Å²) in [6.45, 7) is 3.97. The Bertz CT molecular complexity index is 1100. The zero-order chi connectivity index (χ0) is 18.3. The molecule has 0 unspecified atom stereocenters. The van der Waals surface area contributed by atoms with Gasteiger partial charge in [0.1, 0.15) is 5.82 Å². The van der Waals surface area contributed by atoms with Crippen molar-refractivity contribution in [2.24, 2.45) is 0 Å². The standard InChI is InChI=1S/C18H15FN6O/c1-10-7-8-14(11(2)9-10)25-16(20)15(22-24-25)18-21-17(23-26-18)12-5-3-4-6-13(12)19/h3-9H,20H2,1-2H3. The Labute approximate surface area is 148 Å². The van der Waals surface area contributed by atoms with Crippen LogP contribution in [-0.2, 0) is 0 Å². The number of aromatic nitrogens is 5. The lowest BCUT2D eigenvalue weighted by molar-refractivity contribution is 0.430. The van der Waals surface area contributed by atoms with Crippen molar-refractivity contribution in [1.82, 2.24) is 25.1 Å². The molecule has 2 aromatic heterocycles. The van der Waals surface area contributed by atoms with Crippen LogP contribution in [-0.4, -0.2) is 25.1 Å². The zero-order valence-electron chi connectivity index (χ0n) is 14.1. The fourth-order valence-electron chi connectivity index (χ4n) is 2.73. The van der Waals surface area contributed by atoms with E-state index < -0.39 is 5.82 Å². The molecule has 0 spiro atoms. The number of anilines is 1. The summed E-state index contributed by atoms with van der Waals surface area (Å²) in [4.78, 5) is 4.20. The summed E-state index contributed by atoms with van der Waals surface area (Å²) >= 11 is 0. The summed E-state index contributed by atoms with van der Waals surface area (Å²) in [5.74, 6) is 0.0303. The summed E-state index contributed by atoms with van der Waals surface area (Å²) < 4.78 is 20.6. The molecule has 130 valence electrons. The van der Waals surface area contributed by atoms with E-state index in [-0.39, 0.29) is 28.8 Å². The number of nitrogen functional groups attached to an aromatic ring is 1. The molecule has 0 radical (unpaired) electrons. The van der Waals surface area contributed by atoms with E-state index in [0.717, 1.165) is 16.8 Å². The van der Waals surface area contributed by atoms with Crippen LogP contribution in [0.1, 0.15) is 11.1 Å². The Morgan fingerprint density at radius 1 is 1.12 bits per heavy atom. The molecule has 0 saturated carbocycles. The van der Waals surface area contributed by atoms with Crippen molar-refractivity contribution in [3.63, 3.8) is 0 Å². The lowest BCUT2D eigenvalue weighted by Crippen LogP contribution is -2.04. The smallest absolute Gasteiger partial charge is 0.282 e. The van der Waals surface area contributed by atoms with E-state index in [0.29, 0.717) is 0 Å². The first-order valence-electron chi connectivity index (χ1n) is 7.92. The molecule has 7 nitrogen and oxygen atoms in total. The fraction of sp³-hybridized carbons (Fsp3) is 0.111. The van der Waals surface area contributed by atoms with E-state index in [1.807, 2.05) is 32.0 Å². The van der Waals surface area contributed by atoms with Crippen molar-refractivity contribution in [3.8, 4) is 28.7 Å². The first kappa shape index (κ1) is 15.9. The number of aryl methyl sites for hydroxylation is 2. The second-order valence-electron chi connectivity index (χ2n) is 5.93. The lowest BCUT2D eigenvalue weighted by atomic mass is 10.1. The molecule has 0 aliphatic rings. The van der Waals surface area contributed by atoms with Gasteiger partial charge in [0.2, 0.25) is 5.82 Å². The van der Waals surface area contributed by atoms with Crippen molar-refractivity contribution >= 4 is 5.82 Å². The Hall–Kier alpha value is -3.55. The van der Waals surface area contributed by atoms with Crippen LogP contribution in [0, 0.1) is 19.7 Å². The molecule has 4 aromatic rings. The van der Waals surface area contributed by atoms with Crippen molar-refractivity contribution in [2.75, 3.05) is 5.73 Å². The predicted octanol–water partition coefficient (Wildman–Crippen LogP) is 3.32. The number of halogens is 1. The maximum Gasteiger partial charge on any atom is 0.282 e. The molecular weight excluding hydrogens is 335 g/mol. The zero-order valence-corrected chi connectivity index (χ0v) is 14.1. The molecule has 26 heavy (non-hydrogen) atoms. The highest BCUT2D eigenvalue weighted by atomic mass is 19.1. The number of hydrogen-bond acceptors (Lipinski definition) is 6. The quantitative estimate of drug-likeness (QED) is 0.609. The summed E-state index contributed by atoms with van der Waals surface area (Å²) in [5, 5.41) is 12.0. The van der Waals surface area contributed by atoms with Gasteiger partial charge in [-0.2, -0.15) is 9.67 Å². The van der Waals surface area contributed by atoms with Crippen LogP contribution in [0.2, 0.25) is 0 Å². The van der Waals surface area contributed by atoms with Gasteiger partial charge in [0.25, 0.3) is 5.89 Å². The van der Waals surface area contributed by atoms with Crippen LogP contribution >= 0.6 is 0 Å². The van der Waals surface area contributed by atoms with Gasteiger partial charge in [-0.3, -0.25) is 0 Å². The van der Waals surface area contributed by atoms with E-state index in [2.05, 4.69) is 20.5 Å². The molecule has 2 aromatic carbocycles. The van der Waals surface area contributed by atoms with Crippen LogP contribution in [0.3, 0.4) is 0 Å². The van der Waals surface area contributed by atoms with Crippen LogP contribution in [0.5, 0.6) is 0 Å². The molecule has 4 rings (SSSR count). The summed E-state index contributed by atoms with van der Waals surface area (Å²) in [6, 6.07) is 12.1. The van der Waals surface area contributed by atoms with Gasteiger partial charge in [0.15, 0.2) is 11.5 Å². The van der Waals surface area contributed by atoms with Gasteiger partial charge >= 0.3 is 0 Å². The SMILES string of the molecule is Cc1ccc(-n2nnc(-c3nc(-c4ccccc4F)no3)c2N)c(C)c1. The Kier molecular flexibility index (Phi) is 3.72. The monoisotopic (exact) mass is 350 g/mol. The lowest BCUT2D eigenvalue weighted by Gasteiger charge is -2.07. The van der Waals surface area contributed by atoms with Gasteiger partial charge in [-0.1, -0.05) is 40.2 Å². The number of benzene rings is 2. The van der Waals surface area contributed by atoms with E-state index in [4.69, 9.17) is 10.3 Å². The van der Waals surface area contributed by atoms with E-state index >= 15 is 0 Å². The molecule has 0 aliphatic carbocycles. The minimum absolute atomic E-state index is 0.0803. The molecule has 0 fully saturated rings. The van der Waals surface area contributed by atoms with E-state index in [1.165, 1.54) is 10.7 Å². The summed E-state index contributed by atoms with van der Waals surface area (Å²) in [6.07, 6.45) is 0. The first-order valence-corrected chi connectivity index (χ1v) is 7.92. The normalized spacial score (nSPS) is 11.0. The molecule has 0 amide bonds. The summed E-state index contributed by atoms with van der Waals surface area (Å²) in [7, 11) is 0. The van der Waals surface area contributed by atoms with Gasteiger partial charge < -0.3 is 10.3 Å². The third kappa shape index (κ3) is 2.61. The molecular formula is C18H15FN6O. The number of rotatable bonds is 3. The minimum atomic E-state index is -0.438. The second kappa shape index (κ2) is 6.07. The molecule has 0 bridgehead atoms. The minimum Gasteiger partial charge on any atom is -0.382 e. The van der Waals surface area contributed by atoms with Crippen molar-refractivity contribution in [3.05, 3.63) is 59.4 Å². The van der Waals surface area contributed by atoms with E-state index in [9.17, 15) is 4.39 Å². The first-order chi connectivity index (χ1) is 12.5. The van der Waals surface area contributed by atoms with Crippen LogP contribution in [0.15, 0.2) is 47.0 Å². The molecule has 2 N–H and O–H groups in total. The highest BCUT2D eigenvalue weighted by Gasteiger charge is 2.21. The van der Waals surface area contributed by atoms with Crippen LogP contribution in [0.25, 0.3) is 28.7 Å². The van der Waals surface area contributed by atoms with Gasteiger partial charge in [0.05, 0.1) is 11.3 Å². The molecule has 0 aliphatic heterocycles. The summed E-state index contributed by atoms with van der Waals surface area (Å²) in [5.41, 5.74) is 9.62. The van der Waals surface area contributed by atoms with Gasteiger partial charge in [-0.05, 0) is 37.6 Å². The predicted molar refractivity (Wildman–Crippen MR) is 93.9 cm³/mol. The van der Waals surface area contributed by atoms with Gasteiger partial charge in [-0.15, -0.1) is 5.10 Å². The van der Waals surface area contributed by atoms with Crippen molar-refractivity contribution in [1.29, 1.82) is 0 Å². The maximum atomic E-state index is 13.9. The second-order valence-corrected chi connectivity index (χ2v) is 5.93. The number of nitrogens with two attached hydrogens (primary N) is 1. The van der Waals surface area contributed by atoms with Gasteiger partial charge in [-0.25, -0.2) is 4.39 Å². The third-order valence-corrected chi connectivity index (χ3v) is 4.03. The fourth-order valence-corrected chi connectivity index (χ4v) is 2.73. The molecule has 2 heterocycles. The van der Waals surface area contributed by atoms with Crippen LogP contribution in [0.4, 0.5) is 10.2 Å². The van der Waals surface area contributed by atoms with Gasteiger partial charge in [0, 0.05) is 0 Å². The Morgan fingerprint density at radius 2 is 1.92 bits per heavy atom. The van der Waals surface area contributed by atoms with Crippen molar-refractivity contribution < 1.29 is 8.91 Å². The highest BCUT2D eigenvalue weighted by molar-refractivity contribution is 5.66. The largest absolute Gasteiger partial charge is 0.382 e.